The Morgan fingerprint density at radius 1 is 1.36 bits per heavy atom. The van der Waals surface area contributed by atoms with Crippen molar-refractivity contribution in [1.29, 1.82) is 0 Å². The lowest BCUT2D eigenvalue weighted by Gasteiger charge is -2.19. The number of alkyl halides is 3. The van der Waals surface area contributed by atoms with E-state index in [1.54, 1.807) is 0 Å². The minimum atomic E-state index is -4.50. The van der Waals surface area contributed by atoms with Crippen molar-refractivity contribution >= 4 is 23.2 Å². The Kier molecular flexibility index (Phi) is 7.03. The molecule has 0 radical (unpaired) electrons. The summed E-state index contributed by atoms with van der Waals surface area (Å²) >= 11 is 5.95. The van der Waals surface area contributed by atoms with Crippen molar-refractivity contribution in [2.24, 2.45) is 11.7 Å². The highest BCUT2D eigenvalue weighted by molar-refractivity contribution is 6.32. The molecule has 1 aromatic heterocycles. The molecule has 1 heterocycles. The first-order valence-electron chi connectivity index (χ1n) is 8.17. The van der Waals surface area contributed by atoms with Crippen molar-refractivity contribution in [2.45, 2.75) is 19.1 Å². The van der Waals surface area contributed by atoms with Crippen LogP contribution in [0.1, 0.15) is 11.1 Å². The van der Waals surface area contributed by atoms with Gasteiger partial charge in [-0.2, -0.15) is 18.3 Å². The fourth-order valence-electron chi connectivity index (χ4n) is 2.59. The Hall–Kier alpha value is -2.59. The van der Waals surface area contributed by atoms with Crippen LogP contribution in [0.4, 0.5) is 18.9 Å². The average molecular weight is 419 g/mol. The number of nitrogens with two attached hydrogens (primary N) is 1. The van der Waals surface area contributed by atoms with Crippen LogP contribution >= 0.6 is 11.6 Å². The molecule has 1 atom stereocenters. The molecule has 1 unspecified atom stereocenters. The number of nitrogens with zero attached hydrogens (tertiary/aromatic N) is 2. The summed E-state index contributed by atoms with van der Waals surface area (Å²) in [6, 6.07) is 5.12. The SMILES string of the molecule is NC(=O)Cn1ncc(NCC(CO)Cc2ccccc2C(F)(F)F)c(Cl)c1=O. The molecule has 0 fully saturated rings. The first-order valence-corrected chi connectivity index (χ1v) is 8.55. The van der Waals surface area contributed by atoms with E-state index in [0.29, 0.717) is 0 Å². The largest absolute Gasteiger partial charge is 0.416 e. The predicted octanol–water partition coefficient (Wildman–Crippen LogP) is 1.66. The number of primary amides is 1. The Bertz CT molecular complexity index is 902. The van der Waals surface area contributed by atoms with Gasteiger partial charge in [-0.05, 0) is 18.1 Å². The maximum absolute atomic E-state index is 13.1. The van der Waals surface area contributed by atoms with Gasteiger partial charge in [-0.3, -0.25) is 9.59 Å². The molecule has 7 nitrogen and oxygen atoms in total. The molecule has 28 heavy (non-hydrogen) atoms. The van der Waals surface area contributed by atoms with Crippen molar-refractivity contribution in [3.63, 3.8) is 0 Å². The van der Waals surface area contributed by atoms with E-state index < -0.39 is 35.7 Å². The van der Waals surface area contributed by atoms with Crippen LogP contribution in [0.2, 0.25) is 5.02 Å². The van der Waals surface area contributed by atoms with Gasteiger partial charge in [-0.25, -0.2) is 4.68 Å². The lowest BCUT2D eigenvalue weighted by atomic mass is 9.95. The number of benzene rings is 1. The molecule has 2 aromatic rings. The highest BCUT2D eigenvalue weighted by Gasteiger charge is 2.33. The lowest BCUT2D eigenvalue weighted by Crippen LogP contribution is -2.31. The van der Waals surface area contributed by atoms with E-state index in [2.05, 4.69) is 10.4 Å². The number of carbonyl (C=O) groups excluding carboxylic acids is 1. The second-order valence-corrected chi connectivity index (χ2v) is 6.47. The standard InChI is InChI=1S/C17H18ClF3N4O3/c18-15-13(7-24-25(16(15)28)8-14(22)27)23-6-10(9-26)5-11-3-1-2-4-12(11)17(19,20)21/h1-4,7,10,23,26H,5-6,8-9H2,(H2,22,27). The zero-order valence-corrected chi connectivity index (χ0v) is 15.3. The Labute approximate surface area is 162 Å². The Balaban J connectivity index is 2.13. The molecule has 0 bridgehead atoms. The third kappa shape index (κ3) is 5.46. The summed E-state index contributed by atoms with van der Waals surface area (Å²) in [6.45, 7) is -0.779. The number of hydrogen-bond donors (Lipinski definition) is 3. The van der Waals surface area contributed by atoms with Gasteiger partial charge in [0.1, 0.15) is 11.6 Å². The second-order valence-electron chi connectivity index (χ2n) is 6.09. The van der Waals surface area contributed by atoms with E-state index in [0.717, 1.165) is 10.7 Å². The number of amides is 1. The molecule has 0 saturated carbocycles. The van der Waals surface area contributed by atoms with Gasteiger partial charge in [0.2, 0.25) is 5.91 Å². The van der Waals surface area contributed by atoms with E-state index in [9.17, 15) is 27.9 Å². The van der Waals surface area contributed by atoms with Gasteiger partial charge in [-0.15, -0.1) is 0 Å². The third-order valence-electron chi connectivity index (χ3n) is 3.96. The number of nitrogens with one attached hydrogen (secondary N) is 1. The number of rotatable bonds is 8. The number of carbonyl (C=O) groups is 1. The first-order chi connectivity index (χ1) is 13.1. The Morgan fingerprint density at radius 2 is 2.04 bits per heavy atom. The topological polar surface area (TPSA) is 110 Å². The van der Waals surface area contributed by atoms with Crippen LogP contribution in [-0.2, 0) is 23.9 Å². The van der Waals surface area contributed by atoms with Crippen molar-refractivity contribution in [3.8, 4) is 0 Å². The van der Waals surface area contributed by atoms with Gasteiger partial charge in [0.15, 0.2) is 0 Å². The molecule has 0 saturated heterocycles. The number of anilines is 1. The van der Waals surface area contributed by atoms with Crippen LogP contribution in [0.3, 0.4) is 0 Å². The van der Waals surface area contributed by atoms with Crippen LogP contribution in [0, 0.1) is 5.92 Å². The van der Waals surface area contributed by atoms with Crippen LogP contribution in [0.25, 0.3) is 0 Å². The molecule has 4 N–H and O–H groups in total. The lowest BCUT2D eigenvalue weighted by molar-refractivity contribution is -0.138. The van der Waals surface area contributed by atoms with Crippen molar-refractivity contribution in [3.05, 3.63) is 57.0 Å². The zero-order chi connectivity index (χ0) is 20.9. The number of hydrogen-bond acceptors (Lipinski definition) is 5. The van der Waals surface area contributed by atoms with Gasteiger partial charge in [-0.1, -0.05) is 29.8 Å². The highest BCUT2D eigenvalue weighted by Crippen LogP contribution is 2.32. The summed E-state index contributed by atoms with van der Waals surface area (Å²) in [4.78, 5) is 22.9. The first kappa shape index (κ1) is 21.7. The van der Waals surface area contributed by atoms with Crippen LogP contribution < -0.4 is 16.6 Å². The molecule has 0 aliphatic rings. The normalized spacial score (nSPS) is 12.6. The average Bonchev–Trinajstić information content (AvgIpc) is 2.63. The fourth-order valence-corrected chi connectivity index (χ4v) is 2.80. The fraction of sp³-hybridized carbons (Fsp3) is 0.353. The van der Waals surface area contributed by atoms with Gasteiger partial charge >= 0.3 is 6.18 Å². The van der Waals surface area contributed by atoms with E-state index in [1.165, 1.54) is 24.4 Å². The smallest absolute Gasteiger partial charge is 0.396 e. The molecule has 0 spiro atoms. The summed E-state index contributed by atoms with van der Waals surface area (Å²) in [6.07, 6.45) is -3.34. The molecule has 152 valence electrons. The molecule has 1 aromatic carbocycles. The summed E-state index contributed by atoms with van der Waals surface area (Å²) in [5.41, 5.74) is 3.69. The van der Waals surface area contributed by atoms with E-state index in [1.807, 2.05) is 0 Å². The maximum Gasteiger partial charge on any atom is 0.416 e. The minimum Gasteiger partial charge on any atom is -0.396 e. The van der Waals surface area contributed by atoms with Crippen molar-refractivity contribution in [2.75, 3.05) is 18.5 Å². The number of halogens is 4. The van der Waals surface area contributed by atoms with Crippen LogP contribution in [-0.4, -0.2) is 33.9 Å². The van der Waals surface area contributed by atoms with Gasteiger partial charge in [0, 0.05) is 19.1 Å². The molecule has 2 rings (SSSR count). The summed E-state index contributed by atoms with van der Waals surface area (Å²) in [5.74, 6) is -1.34. The number of aliphatic hydroxyl groups is 1. The maximum atomic E-state index is 13.1. The summed E-state index contributed by atoms with van der Waals surface area (Å²) < 4.78 is 40.1. The molecular formula is C17H18ClF3N4O3. The van der Waals surface area contributed by atoms with Gasteiger partial charge in [0.25, 0.3) is 5.56 Å². The van der Waals surface area contributed by atoms with E-state index in [4.69, 9.17) is 17.3 Å². The quantitative estimate of drug-likeness (QED) is 0.604. The van der Waals surface area contributed by atoms with Crippen LogP contribution in [0.5, 0.6) is 0 Å². The second kappa shape index (κ2) is 9.07. The monoisotopic (exact) mass is 418 g/mol. The minimum absolute atomic E-state index is 0.0387. The summed E-state index contributed by atoms with van der Waals surface area (Å²) in [7, 11) is 0. The van der Waals surface area contributed by atoms with E-state index >= 15 is 0 Å². The number of aromatic nitrogens is 2. The van der Waals surface area contributed by atoms with E-state index in [-0.39, 0.29) is 35.8 Å². The van der Waals surface area contributed by atoms with Gasteiger partial charge in [0.05, 0.1) is 17.4 Å². The molecule has 0 aliphatic heterocycles. The zero-order valence-electron chi connectivity index (χ0n) is 14.5. The van der Waals surface area contributed by atoms with Crippen molar-refractivity contribution in [1.82, 2.24) is 9.78 Å². The van der Waals surface area contributed by atoms with Crippen LogP contribution in [0.15, 0.2) is 35.3 Å². The highest BCUT2D eigenvalue weighted by atomic mass is 35.5. The molecule has 1 amide bonds. The Morgan fingerprint density at radius 3 is 2.64 bits per heavy atom. The third-order valence-corrected chi connectivity index (χ3v) is 4.33. The molecule has 11 heteroatoms. The molecule has 0 aliphatic carbocycles. The molecular weight excluding hydrogens is 401 g/mol. The predicted molar refractivity (Wildman–Crippen MR) is 96.9 cm³/mol. The van der Waals surface area contributed by atoms with Gasteiger partial charge < -0.3 is 16.2 Å². The summed E-state index contributed by atoms with van der Waals surface area (Å²) in [5, 5.41) is 15.8. The number of aliphatic hydroxyl groups excluding tert-OH is 1. The van der Waals surface area contributed by atoms with Crippen molar-refractivity contribution < 1.29 is 23.1 Å².